The van der Waals surface area contributed by atoms with Gasteiger partial charge in [-0.15, -0.1) is 0 Å². The molecule has 0 radical (unpaired) electrons. The minimum atomic E-state index is -0.436. The van der Waals surface area contributed by atoms with Crippen LogP contribution in [0.25, 0.3) is 0 Å². The predicted molar refractivity (Wildman–Crippen MR) is 78.7 cm³/mol. The Hall–Kier alpha value is -0.900. The van der Waals surface area contributed by atoms with Crippen LogP contribution in [0.3, 0.4) is 0 Å². The summed E-state index contributed by atoms with van der Waals surface area (Å²) in [6.07, 6.45) is 0. The average Bonchev–Trinajstić information content (AvgIpc) is 2.31. The second kappa shape index (κ2) is 5.61. The Morgan fingerprint density at radius 3 is 2.47 bits per heavy atom. The lowest BCUT2D eigenvalue weighted by atomic mass is 10.0. The van der Waals surface area contributed by atoms with Crippen molar-refractivity contribution in [3.63, 3.8) is 0 Å². The van der Waals surface area contributed by atoms with Gasteiger partial charge in [0.15, 0.2) is 5.78 Å². The minimum absolute atomic E-state index is 0.0872. The first kappa shape index (κ1) is 14.5. The fourth-order valence-corrected chi connectivity index (χ4v) is 2.77. The molecule has 0 aliphatic heterocycles. The van der Waals surface area contributed by atoms with Gasteiger partial charge in [0.25, 0.3) is 0 Å². The van der Waals surface area contributed by atoms with E-state index in [2.05, 4.69) is 15.9 Å². The van der Waals surface area contributed by atoms with Gasteiger partial charge in [-0.25, -0.2) is 4.39 Å². The van der Waals surface area contributed by atoms with E-state index < -0.39 is 5.82 Å². The molecule has 2 rings (SSSR count). The lowest BCUT2D eigenvalue weighted by molar-refractivity contribution is 0.103. The molecule has 0 saturated heterocycles. The summed E-state index contributed by atoms with van der Waals surface area (Å²) in [5.41, 5.74) is 1.02. The van der Waals surface area contributed by atoms with Crippen LogP contribution in [-0.2, 0) is 0 Å². The van der Waals surface area contributed by atoms with Crippen LogP contribution >= 0.6 is 39.1 Å². The average molecular weight is 362 g/mol. The highest BCUT2D eigenvalue weighted by atomic mass is 79.9. The van der Waals surface area contributed by atoms with E-state index >= 15 is 0 Å². The topological polar surface area (TPSA) is 17.1 Å². The number of hydrogen-bond donors (Lipinski definition) is 0. The van der Waals surface area contributed by atoms with Crippen LogP contribution in [0.1, 0.15) is 21.5 Å². The number of halogens is 4. The number of benzene rings is 2. The van der Waals surface area contributed by atoms with E-state index in [-0.39, 0.29) is 16.4 Å². The first-order valence-corrected chi connectivity index (χ1v) is 6.90. The van der Waals surface area contributed by atoms with E-state index in [9.17, 15) is 9.18 Å². The van der Waals surface area contributed by atoms with Crippen LogP contribution in [0.15, 0.2) is 34.8 Å². The highest BCUT2D eigenvalue weighted by molar-refractivity contribution is 9.10. The van der Waals surface area contributed by atoms with Crippen molar-refractivity contribution in [3.05, 3.63) is 67.4 Å². The lowest BCUT2D eigenvalue weighted by Gasteiger charge is -2.07. The lowest BCUT2D eigenvalue weighted by Crippen LogP contribution is -2.04. The van der Waals surface area contributed by atoms with E-state index in [0.717, 1.165) is 6.07 Å². The molecule has 0 atom stereocenters. The molecule has 0 aliphatic rings. The van der Waals surface area contributed by atoms with Crippen LogP contribution in [0, 0.1) is 12.7 Å². The molecular formula is C14H8BrCl2FO. The molecule has 0 spiro atoms. The Labute approximate surface area is 128 Å². The molecule has 0 bridgehead atoms. The maximum absolute atomic E-state index is 13.3. The van der Waals surface area contributed by atoms with Crippen molar-refractivity contribution in [2.24, 2.45) is 0 Å². The second-order valence-electron chi connectivity index (χ2n) is 4.07. The fraction of sp³-hybridized carbons (Fsp3) is 0.0714. The van der Waals surface area contributed by atoms with Crippen molar-refractivity contribution in [1.82, 2.24) is 0 Å². The molecule has 19 heavy (non-hydrogen) atoms. The van der Waals surface area contributed by atoms with Gasteiger partial charge in [-0.3, -0.25) is 4.79 Å². The summed E-state index contributed by atoms with van der Waals surface area (Å²) in [5, 5.41) is 0.525. The van der Waals surface area contributed by atoms with Gasteiger partial charge in [0, 0.05) is 20.6 Å². The third-order valence-corrected chi connectivity index (χ3v) is 3.61. The predicted octanol–water partition coefficient (Wildman–Crippen LogP) is 5.43. The molecule has 0 aromatic heterocycles. The van der Waals surface area contributed by atoms with Gasteiger partial charge >= 0.3 is 0 Å². The summed E-state index contributed by atoms with van der Waals surface area (Å²) in [5.74, 6) is -0.731. The SMILES string of the molecule is Cc1cc(C(=O)c2cc(Cl)cc(Br)c2)c(Cl)cc1F. The molecule has 98 valence electrons. The van der Waals surface area contributed by atoms with Crippen molar-refractivity contribution in [2.45, 2.75) is 6.92 Å². The van der Waals surface area contributed by atoms with Crippen molar-refractivity contribution in [2.75, 3.05) is 0 Å². The molecule has 0 fully saturated rings. The van der Waals surface area contributed by atoms with Gasteiger partial charge in [0.2, 0.25) is 0 Å². The van der Waals surface area contributed by atoms with Gasteiger partial charge in [0.05, 0.1) is 5.02 Å². The van der Waals surface area contributed by atoms with Gasteiger partial charge in [-0.1, -0.05) is 39.1 Å². The van der Waals surface area contributed by atoms with Crippen molar-refractivity contribution >= 4 is 44.9 Å². The van der Waals surface area contributed by atoms with Gasteiger partial charge in [-0.05, 0) is 42.8 Å². The molecule has 0 heterocycles. The maximum atomic E-state index is 13.3. The Balaban J connectivity index is 2.53. The number of ketones is 1. The number of carbonyl (C=O) groups excluding carboxylic acids is 1. The number of aryl methyl sites for hydroxylation is 1. The smallest absolute Gasteiger partial charge is 0.194 e. The van der Waals surface area contributed by atoms with Crippen molar-refractivity contribution in [3.8, 4) is 0 Å². The molecule has 0 N–H and O–H groups in total. The molecule has 0 aliphatic carbocycles. The highest BCUT2D eigenvalue weighted by Gasteiger charge is 2.16. The maximum Gasteiger partial charge on any atom is 0.194 e. The molecule has 5 heteroatoms. The molecule has 2 aromatic carbocycles. The first-order chi connectivity index (χ1) is 8.88. The monoisotopic (exact) mass is 360 g/mol. The van der Waals surface area contributed by atoms with E-state index in [4.69, 9.17) is 23.2 Å². The van der Waals surface area contributed by atoms with E-state index in [0.29, 0.717) is 20.6 Å². The zero-order chi connectivity index (χ0) is 14.2. The first-order valence-electron chi connectivity index (χ1n) is 5.35. The Bertz CT molecular complexity index is 650. The summed E-state index contributed by atoms with van der Waals surface area (Å²) < 4.78 is 14.0. The largest absolute Gasteiger partial charge is 0.289 e. The highest BCUT2D eigenvalue weighted by Crippen LogP contribution is 2.26. The standard InChI is InChI=1S/C14H8BrCl2FO/c1-7-2-11(12(17)6-13(7)18)14(19)8-3-9(15)5-10(16)4-8/h2-6H,1H3. The zero-order valence-corrected chi connectivity index (χ0v) is 12.9. The molecule has 0 saturated carbocycles. The van der Waals surface area contributed by atoms with Crippen LogP contribution < -0.4 is 0 Å². The minimum Gasteiger partial charge on any atom is -0.289 e. The van der Waals surface area contributed by atoms with E-state index in [1.54, 1.807) is 25.1 Å². The van der Waals surface area contributed by atoms with E-state index in [1.807, 2.05) is 0 Å². The molecule has 2 aromatic rings. The quantitative estimate of drug-likeness (QED) is 0.651. The number of rotatable bonds is 2. The molecule has 0 amide bonds. The van der Waals surface area contributed by atoms with Crippen LogP contribution in [-0.4, -0.2) is 5.78 Å². The third-order valence-electron chi connectivity index (χ3n) is 2.62. The summed E-state index contributed by atoms with van der Waals surface area (Å²) in [7, 11) is 0. The molecule has 0 unspecified atom stereocenters. The van der Waals surface area contributed by atoms with Crippen molar-refractivity contribution in [1.29, 1.82) is 0 Å². The number of hydrogen-bond acceptors (Lipinski definition) is 1. The normalized spacial score (nSPS) is 10.6. The molecule has 1 nitrogen and oxygen atoms in total. The Morgan fingerprint density at radius 2 is 1.84 bits per heavy atom. The summed E-state index contributed by atoms with van der Waals surface area (Å²) in [6.45, 7) is 1.58. The summed E-state index contributed by atoms with van der Waals surface area (Å²) in [4.78, 5) is 12.3. The van der Waals surface area contributed by atoms with Crippen LogP contribution in [0.2, 0.25) is 10.0 Å². The molecular weight excluding hydrogens is 354 g/mol. The van der Waals surface area contributed by atoms with Crippen LogP contribution in [0.5, 0.6) is 0 Å². The fourth-order valence-electron chi connectivity index (χ4n) is 1.67. The van der Waals surface area contributed by atoms with Gasteiger partial charge in [0.1, 0.15) is 5.82 Å². The second-order valence-corrected chi connectivity index (χ2v) is 5.83. The zero-order valence-electron chi connectivity index (χ0n) is 9.81. The van der Waals surface area contributed by atoms with Crippen molar-refractivity contribution < 1.29 is 9.18 Å². The van der Waals surface area contributed by atoms with Crippen LogP contribution in [0.4, 0.5) is 4.39 Å². The van der Waals surface area contributed by atoms with Gasteiger partial charge < -0.3 is 0 Å². The third kappa shape index (κ3) is 3.16. The number of carbonyl (C=O) groups is 1. The Morgan fingerprint density at radius 1 is 1.16 bits per heavy atom. The van der Waals surface area contributed by atoms with E-state index in [1.165, 1.54) is 6.07 Å². The van der Waals surface area contributed by atoms with Gasteiger partial charge in [-0.2, -0.15) is 0 Å². The summed E-state index contributed by atoms with van der Waals surface area (Å²) >= 11 is 15.1. The summed E-state index contributed by atoms with van der Waals surface area (Å²) in [6, 6.07) is 7.45. The Kier molecular flexibility index (Phi) is 4.29.